The Morgan fingerprint density at radius 1 is 1.00 bits per heavy atom. The van der Waals surface area contributed by atoms with E-state index in [1.54, 1.807) is 11.8 Å². The molecule has 0 heterocycles. The molecule has 0 bridgehead atoms. The summed E-state index contributed by atoms with van der Waals surface area (Å²) < 4.78 is 0. The van der Waals surface area contributed by atoms with Crippen molar-refractivity contribution in [2.75, 3.05) is 6.26 Å². The maximum Gasteiger partial charge on any atom is 0.0500 e. The van der Waals surface area contributed by atoms with E-state index >= 15 is 0 Å². The molecule has 2 rings (SSSR count). The number of aryl methyl sites for hydroxylation is 1. The minimum absolute atomic E-state index is 0.151. The van der Waals surface area contributed by atoms with E-state index in [2.05, 4.69) is 67.1 Å². The van der Waals surface area contributed by atoms with Gasteiger partial charge < -0.3 is 0 Å². The van der Waals surface area contributed by atoms with Crippen LogP contribution in [0.25, 0.3) is 0 Å². The number of hydrazine groups is 1. The molecule has 1 unspecified atom stereocenters. The summed E-state index contributed by atoms with van der Waals surface area (Å²) in [5.74, 6) is 5.72. The van der Waals surface area contributed by atoms with Crippen molar-refractivity contribution in [2.45, 2.75) is 30.7 Å². The third kappa shape index (κ3) is 3.85. The van der Waals surface area contributed by atoms with E-state index in [1.165, 1.54) is 21.6 Å². The van der Waals surface area contributed by atoms with Crippen molar-refractivity contribution in [3.63, 3.8) is 0 Å². The van der Waals surface area contributed by atoms with Gasteiger partial charge in [-0.2, -0.15) is 0 Å². The lowest BCUT2D eigenvalue weighted by atomic mass is 9.98. The van der Waals surface area contributed by atoms with Crippen LogP contribution in [0.15, 0.2) is 53.4 Å². The van der Waals surface area contributed by atoms with Gasteiger partial charge in [0.05, 0.1) is 0 Å². The van der Waals surface area contributed by atoms with Crippen molar-refractivity contribution in [3.05, 3.63) is 65.2 Å². The number of hydrogen-bond donors (Lipinski definition) is 2. The van der Waals surface area contributed by atoms with Crippen LogP contribution in [0.5, 0.6) is 0 Å². The first kappa shape index (κ1) is 15.1. The molecule has 0 saturated heterocycles. The lowest BCUT2D eigenvalue weighted by Gasteiger charge is -2.17. The van der Waals surface area contributed by atoms with E-state index in [4.69, 9.17) is 5.84 Å². The van der Waals surface area contributed by atoms with E-state index < -0.39 is 0 Å². The highest BCUT2D eigenvalue weighted by atomic mass is 32.2. The van der Waals surface area contributed by atoms with Crippen molar-refractivity contribution in [3.8, 4) is 0 Å². The topological polar surface area (TPSA) is 38.0 Å². The van der Waals surface area contributed by atoms with Gasteiger partial charge in [-0.1, -0.05) is 43.3 Å². The number of thioether (sulfide) groups is 1. The highest BCUT2D eigenvalue weighted by Gasteiger charge is 2.10. The molecule has 1 atom stereocenters. The zero-order chi connectivity index (χ0) is 14.4. The molecule has 20 heavy (non-hydrogen) atoms. The fourth-order valence-electron chi connectivity index (χ4n) is 2.26. The zero-order valence-corrected chi connectivity index (χ0v) is 12.9. The molecule has 0 aliphatic rings. The Morgan fingerprint density at radius 3 is 2.10 bits per heavy atom. The van der Waals surface area contributed by atoms with Crippen molar-refractivity contribution in [2.24, 2.45) is 5.84 Å². The molecule has 2 nitrogen and oxygen atoms in total. The Bertz CT molecular complexity index is 520. The smallest absolute Gasteiger partial charge is 0.0500 e. The van der Waals surface area contributed by atoms with Crippen LogP contribution in [-0.2, 0) is 12.8 Å². The van der Waals surface area contributed by atoms with Gasteiger partial charge in [0, 0.05) is 10.9 Å². The highest BCUT2D eigenvalue weighted by molar-refractivity contribution is 7.98. The maximum absolute atomic E-state index is 5.72. The summed E-state index contributed by atoms with van der Waals surface area (Å²) >= 11 is 1.75. The molecule has 3 N–H and O–H groups in total. The van der Waals surface area contributed by atoms with Crippen LogP contribution in [0.3, 0.4) is 0 Å². The molecular formula is C17H22N2S. The van der Waals surface area contributed by atoms with Crippen LogP contribution in [0.1, 0.15) is 29.7 Å². The quantitative estimate of drug-likeness (QED) is 0.483. The van der Waals surface area contributed by atoms with Crippen LogP contribution in [0.4, 0.5) is 0 Å². The van der Waals surface area contributed by atoms with Gasteiger partial charge in [-0.25, -0.2) is 0 Å². The van der Waals surface area contributed by atoms with E-state index in [1.807, 2.05) is 0 Å². The maximum atomic E-state index is 5.72. The second-order valence-electron chi connectivity index (χ2n) is 4.87. The number of nitrogens with two attached hydrogens (primary N) is 1. The summed E-state index contributed by atoms with van der Waals surface area (Å²) in [6.45, 7) is 2.17. The van der Waals surface area contributed by atoms with E-state index in [0.29, 0.717) is 0 Å². The lowest BCUT2D eigenvalue weighted by molar-refractivity contribution is 0.551. The molecule has 2 aromatic rings. The molecule has 0 amide bonds. The Morgan fingerprint density at radius 2 is 1.60 bits per heavy atom. The molecule has 0 radical (unpaired) electrons. The summed E-state index contributed by atoms with van der Waals surface area (Å²) in [5, 5.41) is 0. The van der Waals surface area contributed by atoms with E-state index in [0.717, 1.165) is 12.8 Å². The molecular weight excluding hydrogens is 264 g/mol. The normalized spacial score (nSPS) is 12.3. The molecule has 0 aliphatic heterocycles. The molecule has 0 saturated carbocycles. The van der Waals surface area contributed by atoms with Crippen LogP contribution in [0.2, 0.25) is 0 Å². The Hall–Kier alpha value is -1.29. The van der Waals surface area contributed by atoms with Crippen LogP contribution in [-0.4, -0.2) is 6.26 Å². The summed E-state index contributed by atoms with van der Waals surface area (Å²) in [6.07, 6.45) is 4.07. The fraction of sp³-hybridized carbons (Fsp3) is 0.294. The van der Waals surface area contributed by atoms with E-state index in [9.17, 15) is 0 Å². The molecule has 0 aliphatic carbocycles. The Kier molecular flexibility index (Phi) is 5.65. The monoisotopic (exact) mass is 286 g/mol. The van der Waals surface area contributed by atoms with Crippen molar-refractivity contribution < 1.29 is 0 Å². The van der Waals surface area contributed by atoms with E-state index in [-0.39, 0.29) is 6.04 Å². The minimum Gasteiger partial charge on any atom is -0.271 e. The third-order valence-electron chi connectivity index (χ3n) is 3.59. The van der Waals surface area contributed by atoms with Gasteiger partial charge in [0.2, 0.25) is 0 Å². The van der Waals surface area contributed by atoms with Crippen LogP contribution < -0.4 is 11.3 Å². The second-order valence-corrected chi connectivity index (χ2v) is 5.75. The second kappa shape index (κ2) is 7.48. The Labute approximate surface area is 125 Å². The number of benzene rings is 2. The van der Waals surface area contributed by atoms with Gasteiger partial charge in [0.25, 0.3) is 0 Å². The fourth-order valence-corrected chi connectivity index (χ4v) is 2.66. The first-order valence-electron chi connectivity index (χ1n) is 6.94. The van der Waals surface area contributed by atoms with Crippen LogP contribution >= 0.6 is 11.8 Å². The summed E-state index contributed by atoms with van der Waals surface area (Å²) in [5.41, 5.74) is 6.83. The lowest BCUT2D eigenvalue weighted by Crippen LogP contribution is -2.29. The van der Waals surface area contributed by atoms with Gasteiger partial charge in [0.1, 0.15) is 0 Å². The predicted octanol–water partition coefficient (Wildman–Crippen LogP) is 3.72. The van der Waals surface area contributed by atoms with Crippen LogP contribution in [0, 0.1) is 0 Å². The van der Waals surface area contributed by atoms with Gasteiger partial charge in [0.15, 0.2) is 0 Å². The van der Waals surface area contributed by atoms with Crippen molar-refractivity contribution in [1.82, 2.24) is 5.43 Å². The molecule has 0 fully saturated rings. The SMILES string of the molecule is CCc1ccc(CC(NN)c2ccc(SC)cc2)cc1. The average molecular weight is 286 g/mol. The van der Waals surface area contributed by atoms with Gasteiger partial charge >= 0.3 is 0 Å². The largest absolute Gasteiger partial charge is 0.271 e. The summed E-state index contributed by atoms with van der Waals surface area (Å²) in [4.78, 5) is 1.27. The summed E-state index contributed by atoms with van der Waals surface area (Å²) in [7, 11) is 0. The van der Waals surface area contributed by atoms with Gasteiger partial charge in [-0.15, -0.1) is 11.8 Å². The number of hydrogen-bond acceptors (Lipinski definition) is 3. The average Bonchev–Trinajstić information content (AvgIpc) is 2.53. The molecule has 3 heteroatoms. The third-order valence-corrected chi connectivity index (χ3v) is 4.33. The van der Waals surface area contributed by atoms with Crippen molar-refractivity contribution in [1.29, 1.82) is 0 Å². The molecule has 106 valence electrons. The molecule has 0 spiro atoms. The first-order valence-corrected chi connectivity index (χ1v) is 8.17. The minimum atomic E-state index is 0.151. The number of rotatable bonds is 6. The first-order chi connectivity index (χ1) is 9.76. The van der Waals surface area contributed by atoms with Gasteiger partial charge in [-0.05, 0) is 47.9 Å². The highest BCUT2D eigenvalue weighted by Crippen LogP contribution is 2.21. The standard InChI is InChI=1S/C17H22N2S/c1-3-13-4-6-14(7-5-13)12-17(19-18)15-8-10-16(20-2)11-9-15/h4-11,17,19H,3,12,18H2,1-2H3. The van der Waals surface area contributed by atoms with Crippen molar-refractivity contribution >= 4 is 11.8 Å². The predicted molar refractivity (Wildman–Crippen MR) is 87.8 cm³/mol. The zero-order valence-electron chi connectivity index (χ0n) is 12.1. The van der Waals surface area contributed by atoms with Gasteiger partial charge in [-0.3, -0.25) is 11.3 Å². The summed E-state index contributed by atoms with van der Waals surface area (Å²) in [6, 6.07) is 17.5. The molecule has 0 aromatic heterocycles. The number of nitrogens with one attached hydrogen (secondary N) is 1. The Balaban J connectivity index is 2.10. The molecule has 2 aromatic carbocycles.